The van der Waals surface area contributed by atoms with E-state index >= 15 is 0 Å². The van der Waals surface area contributed by atoms with E-state index in [0.29, 0.717) is 5.92 Å². The summed E-state index contributed by atoms with van der Waals surface area (Å²) in [6.07, 6.45) is 8.44. The highest BCUT2D eigenvalue weighted by Crippen LogP contribution is 2.21. The molecule has 0 aromatic rings. The van der Waals surface area contributed by atoms with Gasteiger partial charge in [-0.2, -0.15) is 0 Å². The molecule has 0 fully saturated rings. The molecule has 0 spiro atoms. The summed E-state index contributed by atoms with van der Waals surface area (Å²) in [5, 5.41) is 0. The number of nitrogens with zero attached hydrogens (tertiary/aromatic N) is 1. The molecule has 0 radical (unpaired) electrons. The third-order valence-electron chi connectivity index (χ3n) is 2.04. The molecule has 13 heavy (non-hydrogen) atoms. The highest BCUT2D eigenvalue weighted by Gasteiger charge is 2.08. The summed E-state index contributed by atoms with van der Waals surface area (Å²) >= 11 is 0. The average Bonchev–Trinajstić information content (AvgIpc) is 2.18. The fraction of sp³-hybridized carbons (Fsp3) is 0.417. The Hall–Kier alpha value is -1.11. The van der Waals surface area contributed by atoms with Crippen LogP contribution in [-0.4, -0.2) is 5.71 Å². The lowest BCUT2D eigenvalue weighted by molar-refractivity contribution is 0.837. The van der Waals surface area contributed by atoms with Gasteiger partial charge in [0.05, 0.1) is 0 Å². The van der Waals surface area contributed by atoms with Crippen LogP contribution in [-0.2, 0) is 0 Å². The monoisotopic (exact) mass is 175 g/mol. The number of hydrogen-bond donors (Lipinski definition) is 0. The van der Waals surface area contributed by atoms with Gasteiger partial charge in [0.1, 0.15) is 0 Å². The molecule has 1 atom stereocenters. The molecule has 0 unspecified atom stereocenters. The third kappa shape index (κ3) is 2.69. The number of aliphatic imine (C=N–C) groups is 1. The molecule has 0 saturated heterocycles. The van der Waals surface area contributed by atoms with Crippen LogP contribution in [0.3, 0.4) is 0 Å². The van der Waals surface area contributed by atoms with Crippen molar-refractivity contribution in [2.24, 2.45) is 10.9 Å². The Morgan fingerprint density at radius 3 is 2.62 bits per heavy atom. The van der Waals surface area contributed by atoms with Crippen LogP contribution in [0.2, 0.25) is 0 Å². The predicted molar refractivity (Wildman–Crippen MR) is 58.9 cm³/mol. The summed E-state index contributed by atoms with van der Waals surface area (Å²) < 4.78 is 0. The molecule has 70 valence electrons. The topological polar surface area (TPSA) is 12.4 Å². The smallest absolute Gasteiger partial charge is 0.0497 e. The minimum absolute atomic E-state index is 0.421. The van der Waals surface area contributed by atoms with E-state index in [4.69, 9.17) is 0 Å². The molecule has 1 nitrogen and oxygen atoms in total. The second-order valence-electron chi connectivity index (χ2n) is 3.66. The van der Waals surface area contributed by atoms with Crippen molar-refractivity contribution < 1.29 is 0 Å². The molecule has 1 aliphatic carbocycles. The number of allylic oxidation sites excluding steroid dienone is 5. The van der Waals surface area contributed by atoms with E-state index in [0.717, 1.165) is 5.71 Å². The molecule has 0 amide bonds. The van der Waals surface area contributed by atoms with Crippen molar-refractivity contribution in [3.05, 3.63) is 35.6 Å². The van der Waals surface area contributed by atoms with Gasteiger partial charge in [-0.15, -0.1) is 0 Å². The molecular formula is C12H17N. The molecule has 0 aromatic carbocycles. The fourth-order valence-corrected chi connectivity index (χ4v) is 1.40. The number of hydrogen-bond acceptors (Lipinski definition) is 1. The van der Waals surface area contributed by atoms with Crippen LogP contribution >= 0.6 is 0 Å². The van der Waals surface area contributed by atoms with Gasteiger partial charge in [-0.25, -0.2) is 0 Å². The van der Waals surface area contributed by atoms with E-state index in [1.165, 1.54) is 11.3 Å². The van der Waals surface area contributed by atoms with Gasteiger partial charge in [-0.05, 0) is 26.3 Å². The Morgan fingerprint density at radius 2 is 2.00 bits per heavy atom. The van der Waals surface area contributed by atoms with Crippen molar-refractivity contribution in [2.75, 3.05) is 0 Å². The number of rotatable bonds is 1. The summed E-state index contributed by atoms with van der Waals surface area (Å²) in [5.74, 6) is 0.421. The summed E-state index contributed by atoms with van der Waals surface area (Å²) in [6.45, 7) is 8.35. The van der Waals surface area contributed by atoms with Gasteiger partial charge in [0.15, 0.2) is 0 Å². The maximum Gasteiger partial charge on any atom is 0.0497 e. The Morgan fingerprint density at radius 1 is 1.31 bits per heavy atom. The molecule has 1 rings (SSSR count). The van der Waals surface area contributed by atoms with Crippen LogP contribution in [0.1, 0.15) is 27.7 Å². The highest BCUT2D eigenvalue weighted by molar-refractivity contribution is 5.80. The summed E-state index contributed by atoms with van der Waals surface area (Å²) in [7, 11) is 0. The van der Waals surface area contributed by atoms with E-state index < -0.39 is 0 Å². The van der Waals surface area contributed by atoms with Crippen LogP contribution in [0.4, 0.5) is 0 Å². The second-order valence-corrected chi connectivity index (χ2v) is 3.66. The lowest BCUT2D eigenvalue weighted by atomic mass is 10.0. The van der Waals surface area contributed by atoms with E-state index in [-0.39, 0.29) is 0 Å². The second kappa shape index (κ2) is 4.22. The molecule has 1 aliphatic rings. The van der Waals surface area contributed by atoms with Gasteiger partial charge in [0.25, 0.3) is 0 Å². The van der Waals surface area contributed by atoms with Gasteiger partial charge in [-0.3, -0.25) is 4.99 Å². The van der Waals surface area contributed by atoms with Crippen LogP contribution in [0.5, 0.6) is 0 Å². The largest absolute Gasteiger partial charge is 0.262 e. The lowest BCUT2D eigenvalue weighted by Crippen LogP contribution is -1.97. The molecular weight excluding hydrogens is 158 g/mol. The predicted octanol–water partition coefficient (Wildman–Crippen LogP) is 3.50. The summed E-state index contributed by atoms with van der Waals surface area (Å²) in [4.78, 5) is 4.55. The Labute approximate surface area is 80.6 Å². The van der Waals surface area contributed by atoms with Gasteiger partial charge in [-0.1, -0.05) is 31.2 Å². The highest BCUT2D eigenvalue weighted by atomic mass is 14.8. The SMILES string of the molecule is CC(C)=NC1=C(C)C=CC=C[C@@H]1C. The Balaban J connectivity index is 3.07. The fourth-order valence-electron chi connectivity index (χ4n) is 1.40. The molecule has 0 bridgehead atoms. The van der Waals surface area contributed by atoms with Gasteiger partial charge >= 0.3 is 0 Å². The quantitative estimate of drug-likeness (QED) is 0.541. The van der Waals surface area contributed by atoms with Crippen LogP contribution in [0, 0.1) is 5.92 Å². The Bertz CT molecular complexity index is 299. The maximum atomic E-state index is 4.55. The van der Waals surface area contributed by atoms with Gasteiger partial charge in [0, 0.05) is 17.3 Å². The van der Waals surface area contributed by atoms with E-state index in [1.807, 2.05) is 13.8 Å². The van der Waals surface area contributed by atoms with Crippen LogP contribution in [0.15, 0.2) is 40.6 Å². The van der Waals surface area contributed by atoms with E-state index in [1.54, 1.807) is 0 Å². The Kier molecular flexibility index (Phi) is 3.24. The van der Waals surface area contributed by atoms with Crippen LogP contribution < -0.4 is 0 Å². The molecule has 1 heteroatoms. The van der Waals surface area contributed by atoms with Crippen molar-refractivity contribution in [1.82, 2.24) is 0 Å². The summed E-state index contributed by atoms with van der Waals surface area (Å²) in [5.41, 5.74) is 3.56. The molecule has 0 saturated carbocycles. The first-order valence-electron chi connectivity index (χ1n) is 4.69. The zero-order chi connectivity index (χ0) is 9.84. The minimum atomic E-state index is 0.421. The lowest BCUT2D eigenvalue weighted by Gasteiger charge is -2.09. The van der Waals surface area contributed by atoms with E-state index in [2.05, 4.69) is 43.1 Å². The molecule has 0 aliphatic heterocycles. The van der Waals surface area contributed by atoms with E-state index in [9.17, 15) is 0 Å². The maximum absolute atomic E-state index is 4.55. The van der Waals surface area contributed by atoms with Gasteiger partial charge in [0.2, 0.25) is 0 Å². The van der Waals surface area contributed by atoms with Crippen LogP contribution in [0.25, 0.3) is 0 Å². The summed E-state index contributed by atoms with van der Waals surface area (Å²) in [6, 6.07) is 0. The normalized spacial score (nSPS) is 21.7. The van der Waals surface area contributed by atoms with Crippen molar-refractivity contribution in [3.8, 4) is 0 Å². The molecule has 0 heterocycles. The zero-order valence-corrected chi connectivity index (χ0v) is 8.83. The van der Waals surface area contributed by atoms with Crippen molar-refractivity contribution >= 4 is 5.71 Å². The third-order valence-corrected chi connectivity index (χ3v) is 2.04. The van der Waals surface area contributed by atoms with Crippen molar-refractivity contribution in [3.63, 3.8) is 0 Å². The zero-order valence-electron chi connectivity index (χ0n) is 8.83. The van der Waals surface area contributed by atoms with Crippen molar-refractivity contribution in [2.45, 2.75) is 27.7 Å². The minimum Gasteiger partial charge on any atom is -0.262 e. The van der Waals surface area contributed by atoms with Crippen molar-refractivity contribution in [1.29, 1.82) is 0 Å². The molecule has 0 N–H and O–H groups in total. The first-order chi connectivity index (χ1) is 6.11. The average molecular weight is 175 g/mol. The first kappa shape index (κ1) is 9.97. The van der Waals surface area contributed by atoms with Gasteiger partial charge < -0.3 is 0 Å². The first-order valence-corrected chi connectivity index (χ1v) is 4.69. The standard InChI is InChI=1S/C12H17N/c1-9(2)13-12-10(3)7-5-6-8-11(12)4/h5-8,10H,1-4H3/t10-/m0/s1. The molecule has 0 aromatic heterocycles.